The number of anilines is 2. The van der Waals surface area contributed by atoms with Gasteiger partial charge in [0.1, 0.15) is 18.5 Å². The van der Waals surface area contributed by atoms with E-state index in [9.17, 15) is 13.5 Å². The van der Waals surface area contributed by atoms with Crippen LogP contribution in [0.15, 0.2) is 42.5 Å². The summed E-state index contributed by atoms with van der Waals surface area (Å²) in [4.78, 5) is 2.10. The van der Waals surface area contributed by atoms with Gasteiger partial charge < -0.3 is 14.7 Å². The molecule has 0 saturated heterocycles. The third-order valence-electron chi connectivity index (χ3n) is 4.60. The Hall–Kier alpha value is -2.25. The van der Waals surface area contributed by atoms with Crippen LogP contribution in [-0.2, 0) is 16.4 Å². The number of hydrogen-bond donors (Lipinski definition) is 2. The fourth-order valence-corrected chi connectivity index (χ4v) is 3.99. The number of aliphatic hydroxyl groups is 1. The monoisotopic (exact) mass is 390 g/mol. The van der Waals surface area contributed by atoms with E-state index in [-0.39, 0.29) is 6.61 Å². The Balaban J connectivity index is 1.69. The highest BCUT2D eigenvalue weighted by Crippen LogP contribution is 2.33. The Morgan fingerprint density at radius 2 is 2.00 bits per heavy atom. The summed E-state index contributed by atoms with van der Waals surface area (Å²) >= 11 is 0. The quantitative estimate of drug-likeness (QED) is 0.760. The second-order valence-electron chi connectivity index (χ2n) is 6.96. The van der Waals surface area contributed by atoms with E-state index < -0.39 is 16.1 Å². The van der Waals surface area contributed by atoms with Crippen LogP contribution in [0.5, 0.6) is 5.75 Å². The van der Waals surface area contributed by atoms with Gasteiger partial charge in [0, 0.05) is 18.8 Å². The molecule has 0 spiro atoms. The van der Waals surface area contributed by atoms with Crippen LogP contribution in [-0.4, -0.2) is 45.6 Å². The van der Waals surface area contributed by atoms with Crippen molar-refractivity contribution in [2.75, 3.05) is 35.6 Å². The third kappa shape index (κ3) is 5.14. The number of β-amino-alcohol motifs (C(OH)–C–C–N with tert-alkyl or cyclic N) is 1. The number of nitrogens with one attached hydrogen (secondary N) is 1. The van der Waals surface area contributed by atoms with E-state index in [4.69, 9.17) is 4.74 Å². The van der Waals surface area contributed by atoms with E-state index in [1.54, 1.807) is 6.07 Å². The van der Waals surface area contributed by atoms with Gasteiger partial charge in [0.25, 0.3) is 0 Å². The number of para-hydroxylation sites is 1. The predicted octanol–water partition coefficient (Wildman–Crippen LogP) is 2.56. The predicted molar refractivity (Wildman–Crippen MR) is 108 cm³/mol. The summed E-state index contributed by atoms with van der Waals surface area (Å²) in [6.07, 6.45) is 2.21. The van der Waals surface area contributed by atoms with Gasteiger partial charge in [-0.3, -0.25) is 4.72 Å². The molecular formula is C20H26N2O4S. The summed E-state index contributed by atoms with van der Waals surface area (Å²) in [6.45, 7) is 3.43. The number of rotatable bonds is 7. The lowest BCUT2D eigenvalue weighted by atomic mass is 9.99. The Kier molecular flexibility index (Phi) is 5.92. The standard InChI is InChI=1S/C20H26N2O4S/c1-15-7-3-4-11-20(15)26-14-16(23)13-22-12-6-8-17-18(21-27(2,24)25)9-5-10-19(17)22/h3-5,7,9-11,16,21,23H,6,8,12-14H2,1-2H3. The topological polar surface area (TPSA) is 78.9 Å². The van der Waals surface area contributed by atoms with E-state index in [0.717, 1.165) is 48.2 Å². The number of fused-ring (bicyclic) bond motifs is 1. The van der Waals surface area contributed by atoms with Gasteiger partial charge in [0.05, 0.1) is 11.9 Å². The molecule has 0 bridgehead atoms. The molecule has 6 nitrogen and oxygen atoms in total. The van der Waals surface area contributed by atoms with E-state index in [1.165, 1.54) is 0 Å². The maximum atomic E-state index is 11.6. The van der Waals surface area contributed by atoms with Crippen molar-refractivity contribution in [3.05, 3.63) is 53.6 Å². The molecule has 1 aliphatic rings. The lowest BCUT2D eigenvalue weighted by molar-refractivity contribution is 0.111. The molecule has 2 aromatic rings. The second-order valence-corrected chi connectivity index (χ2v) is 8.71. The van der Waals surface area contributed by atoms with Crippen LogP contribution in [0.25, 0.3) is 0 Å². The Morgan fingerprint density at radius 1 is 1.22 bits per heavy atom. The first kappa shape index (κ1) is 19.5. The Bertz CT molecular complexity index is 899. The molecule has 2 N–H and O–H groups in total. The zero-order chi connectivity index (χ0) is 19.4. The minimum atomic E-state index is -3.33. The van der Waals surface area contributed by atoms with Crippen molar-refractivity contribution < 1.29 is 18.3 Å². The molecule has 0 radical (unpaired) electrons. The molecule has 2 aromatic carbocycles. The second kappa shape index (κ2) is 8.19. The molecule has 146 valence electrons. The fraction of sp³-hybridized carbons (Fsp3) is 0.400. The molecule has 0 amide bonds. The number of ether oxygens (including phenoxy) is 1. The normalized spacial score (nSPS) is 15.1. The van der Waals surface area contributed by atoms with Gasteiger partial charge >= 0.3 is 0 Å². The molecule has 0 aromatic heterocycles. The summed E-state index contributed by atoms with van der Waals surface area (Å²) in [6, 6.07) is 13.3. The van der Waals surface area contributed by atoms with Gasteiger partial charge in [0.15, 0.2) is 0 Å². The highest BCUT2D eigenvalue weighted by atomic mass is 32.2. The van der Waals surface area contributed by atoms with Crippen LogP contribution in [0, 0.1) is 6.92 Å². The number of aliphatic hydroxyl groups excluding tert-OH is 1. The maximum Gasteiger partial charge on any atom is 0.229 e. The molecule has 3 rings (SSSR count). The van der Waals surface area contributed by atoms with E-state index >= 15 is 0 Å². The first-order valence-electron chi connectivity index (χ1n) is 9.04. The smallest absolute Gasteiger partial charge is 0.229 e. The SMILES string of the molecule is Cc1ccccc1OCC(O)CN1CCCc2c(NS(C)(=O)=O)cccc21. The fourth-order valence-electron chi connectivity index (χ4n) is 3.40. The van der Waals surface area contributed by atoms with E-state index in [0.29, 0.717) is 12.2 Å². The molecule has 1 aliphatic heterocycles. The van der Waals surface area contributed by atoms with Crippen LogP contribution < -0.4 is 14.4 Å². The van der Waals surface area contributed by atoms with Crippen molar-refractivity contribution in [2.45, 2.75) is 25.9 Å². The van der Waals surface area contributed by atoms with Gasteiger partial charge in [-0.05, 0) is 49.1 Å². The van der Waals surface area contributed by atoms with Crippen LogP contribution >= 0.6 is 0 Å². The first-order chi connectivity index (χ1) is 12.8. The van der Waals surface area contributed by atoms with Crippen molar-refractivity contribution in [2.24, 2.45) is 0 Å². The number of hydrogen-bond acceptors (Lipinski definition) is 5. The number of benzene rings is 2. The maximum absolute atomic E-state index is 11.6. The average Bonchev–Trinajstić information content (AvgIpc) is 2.60. The molecule has 27 heavy (non-hydrogen) atoms. The number of nitrogens with zero attached hydrogens (tertiary/aromatic N) is 1. The van der Waals surface area contributed by atoms with E-state index in [1.807, 2.05) is 43.3 Å². The van der Waals surface area contributed by atoms with Gasteiger partial charge in [-0.25, -0.2) is 8.42 Å². The zero-order valence-corrected chi connectivity index (χ0v) is 16.5. The van der Waals surface area contributed by atoms with Crippen LogP contribution in [0.4, 0.5) is 11.4 Å². The van der Waals surface area contributed by atoms with E-state index in [2.05, 4.69) is 9.62 Å². The van der Waals surface area contributed by atoms with Crippen LogP contribution in [0.2, 0.25) is 0 Å². The third-order valence-corrected chi connectivity index (χ3v) is 5.19. The largest absolute Gasteiger partial charge is 0.491 e. The lowest BCUT2D eigenvalue weighted by Crippen LogP contribution is -2.39. The molecule has 0 saturated carbocycles. The zero-order valence-electron chi connectivity index (χ0n) is 15.7. The van der Waals surface area contributed by atoms with Gasteiger partial charge in [-0.1, -0.05) is 24.3 Å². The first-order valence-corrected chi connectivity index (χ1v) is 10.9. The van der Waals surface area contributed by atoms with Crippen LogP contribution in [0.1, 0.15) is 17.5 Å². The number of aryl methyl sites for hydroxylation is 1. The summed E-state index contributed by atoms with van der Waals surface area (Å²) in [5.74, 6) is 0.773. The summed E-state index contributed by atoms with van der Waals surface area (Å²) in [5, 5.41) is 10.5. The minimum absolute atomic E-state index is 0.206. The molecule has 7 heteroatoms. The Labute approximate surface area is 160 Å². The van der Waals surface area contributed by atoms with Crippen molar-refractivity contribution >= 4 is 21.4 Å². The van der Waals surface area contributed by atoms with Crippen LogP contribution in [0.3, 0.4) is 0 Å². The van der Waals surface area contributed by atoms with Crippen molar-refractivity contribution in [3.8, 4) is 5.75 Å². The lowest BCUT2D eigenvalue weighted by Gasteiger charge is -2.34. The number of sulfonamides is 1. The molecule has 1 unspecified atom stereocenters. The molecular weight excluding hydrogens is 364 g/mol. The molecule has 0 fully saturated rings. The summed E-state index contributed by atoms with van der Waals surface area (Å²) in [5.41, 5.74) is 3.58. The molecule has 1 atom stereocenters. The van der Waals surface area contributed by atoms with Gasteiger partial charge in [0.2, 0.25) is 10.0 Å². The van der Waals surface area contributed by atoms with Crippen molar-refractivity contribution in [3.63, 3.8) is 0 Å². The molecule has 0 aliphatic carbocycles. The summed E-state index contributed by atoms with van der Waals surface area (Å²) < 4.78 is 31.6. The summed E-state index contributed by atoms with van der Waals surface area (Å²) in [7, 11) is -3.33. The van der Waals surface area contributed by atoms with Crippen molar-refractivity contribution in [1.29, 1.82) is 0 Å². The highest BCUT2D eigenvalue weighted by Gasteiger charge is 2.22. The Morgan fingerprint density at radius 3 is 2.74 bits per heavy atom. The van der Waals surface area contributed by atoms with Crippen molar-refractivity contribution in [1.82, 2.24) is 0 Å². The molecule has 1 heterocycles. The van der Waals surface area contributed by atoms with Gasteiger partial charge in [-0.15, -0.1) is 0 Å². The van der Waals surface area contributed by atoms with Gasteiger partial charge in [-0.2, -0.15) is 0 Å². The highest BCUT2D eigenvalue weighted by molar-refractivity contribution is 7.92. The minimum Gasteiger partial charge on any atom is -0.491 e. The average molecular weight is 391 g/mol.